The summed E-state index contributed by atoms with van der Waals surface area (Å²) in [5.41, 5.74) is 3.36. The van der Waals surface area contributed by atoms with Gasteiger partial charge >= 0.3 is 0 Å². The smallest absolute Gasteiger partial charge is 0.227 e. The summed E-state index contributed by atoms with van der Waals surface area (Å²) in [4.78, 5) is 29.5. The SMILES string of the molecule is C[C@@H]1CCc2cc(F)ccc2N1C(=O)CCCCC(=O)N1c2ccc(F)cc2CC[C@H]1C. The predicted octanol–water partition coefficient (Wildman–Crippen LogP) is 5.56. The standard InChI is InChI=1S/C26H30F2N2O2/c1-17-7-9-19-15-21(27)11-13-23(19)29(17)25(31)5-3-4-6-26(32)30-18(2)8-10-20-16-22(28)12-14-24(20)30/h11-18H,3-10H2,1-2H3/t17-,18-/m1/s1. The summed E-state index contributed by atoms with van der Waals surface area (Å²) in [5.74, 6) is -0.518. The molecule has 4 rings (SSSR count). The number of benzene rings is 2. The molecule has 4 nitrogen and oxygen atoms in total. The van der Waals surface area contributed by atoms with Crippen LogP contribution in [0.25, 0.3) is 0 Å². The Bertz CT molecular complexity index is 941. The number of anilines is 2. The van der Waals surface area contributed by atoms with Crippen molar-refractivity contribution in [2.75, 3.05) is 9.80 Å². The molecule has 2 heterocycles. The van der Waals surface area contributed by atoms with Crippen LogP contribution in [0.5, 0.6) is 0 Å². The second-order valence-corrected chi connectivity index (χ2v) is 9.06. The van der Waals surface area contributed by atoms with E-state index in [9.17, 15) is 18.4 Å². The Labute approximate surface area is 188 Å². The monoisotopic (exact) mass is 440 g/mol. The third-order valence-electron chi connectivity index (χ3n) is 6.72. The van der Waals surface area contributed by atoms with Crippen molar-refractivity contribution < 1.29 is 18.4 Å². The summed E-state index contributed by atoms with van der Waals surface area (Å²) < 4.78 is 27.2. The van der Waals surface area contributed by atoms with Crippen molar-refractivity contribution in [3.05, 3.63) is 59.2 Å². The topological polar surface area (TPSA) is 40.6 Å². The third kappa shape index (κ3) is 4.54. The zero-order chi connectivity index (χ0) is 22.8. The number of carbonyl (C=O) groups excluding carboxylic acids is 2. The summed E-state index contributed by atoms with van der Waals surface area (Å²) in [7, 11) is 0. The Morgan fingerprint density at radius 1 is 0.781 bits per heavy atom. The number of unbranched alkanes of at least 4 members (excludes halogenated alkanes) is 1. The second-order valence-electron chi connectivity index (χ2n) is 9.06. The first-order valence-electron chi connectivity index (χ1n) is 11.6. The molecule has 0 aliphatic carbocycles. The molecule has 0 spiro atoms. The van der Waals surface area contributed by atoms with E-state index in [1.807, 2.05) is 13.8 Å². The normalized spacial score (nSPS) is 20.0. The van der Waals surface area contributed by atoms with E-state index < -0.39 is 0 Å². The van der Waals surface area contributed by atoms with Gasteiger partial charge in [0, 0.05) is 36.3 Å². The molecule has 0 unspecified atom stereocenters. The number of amides is 2. The second kappa shape index (κ2) is 9.39. The predicted molar refractivity (Wildman–Crippen MR) is 122 cm³/mol. The number of hydrogen-bond donors (Lipinski definition) is 0. The molecular formula is C26H30F2N2O2. The van der Waals surface area contributed by atoms with Gasteiger partial charge in [0.2, 0.25) is 11.8 Å². The highest BCUT2D eigenvalue weighted by atomic mass is 19.1. The van der Waals surface area contributed by atoms with Crippen LogP contribution in [-0.2, 0) is 22.4 Å². The molecule has 2 aliphatic heterocycles. The Morgan fingerprint density at radius 2 is 1.19 bits per heavy atom. The van der Waals surface area contributed by atoms with Gasteiger partial charge in [-0.1, -0.05) is 0 Å². The van der Waals surface area contributed by atoms with Gasteiger partial charge in [0.1, 0.15) is 11.6 Å². The molecule has 0 fully saturated rings. The first kappa shape index (κ1) is 22.4. The van der Waals surface area contributed by atoms with Gasteiger partial charge < -0.3 is 9.80 Å². The van der Waals surface area contributed by atoms with Crippen molar-refractivity contribution in [3.8, 4) is 0 Å². The van der Waals surface area contributed by atoms with Gasteiger partial charge in [-0.15, -0.1) is 0 Å². The third-order valence-corrected chi connectivity index (χ3v) is 6.72. The molecule has 0 N–H and O–H groups in total. The molecule has 0 radical (unpaired) electrons. The van der Waals surface area contributed by atoms with Crippen LogP contribution in [-0.4, -0.2) is 23.9 Å². The number of rotatable bonds is 5. The quantitative estimate of drug-likeness (QED) is 0.571. The van der Waals surface area contributed by atoms with Gasteiger partial charge in [0.05, 0.1) is 0 Å². The lowest BCUT2D eigenvalue weighted by molar-refractivity contribution is -0.121. The summed E-state index contributed by atoms with van der Waals surface area (Å²) >= 11 is 0. The van der Waals surface area contributed by atoms with Crippen LogP contribution in [0.4, 0.5) is 20.2 Å². The maximum atomic E-state index is 13.6. The largest absolute Gasteiger partial charge is 0.309 e. The van der Waals surface area contributed by atoms with Crippen molar-refractivity contribution >= 4 is 23.2 Å². The highest BCUT2D eigenvalue weighted by molar-refractivity contribution is 5.96. The molecule has 2 amide bonds. The molecule has 0 saturated carbocycles. The Balaban J connectivity index is 1.34. The average Bonchev–Trinajstić information content (AvgIpc) is 2.76. The van der Waals surface area contributed by atoms with Crippen molar-refractivity contribution in [1.82, 2.24) is 0 Å². The maximum Gasteiger partial charge on any atom is 0.227 e. The van der Waals surface area contributed by atoms with Crippen LogP contribution in [0.1, 0.15) is 63.5 Å². The highest BCUT2D eigenvalue weighted by Gasteiger charge is 2.30. The lowest BCUT2D eigenvalue weighted by atomic mass is 9.95. The zero-order valence-corrected chi connectivity index (χ0v) is 18.7. The minimum Gasteiger partial charge on any atom is -0.309 e. The van der Waals surface area contributed by atoms with E-state index in [0.717, 1.165) is 48.2 Å². The molecule has 0 aromatic heterocycles. The maximum absolute atomic E-state index is 13.6. The van der Waals surface area contributed by atoms with E-state index >= 15 is 0 Å². The first-order chi connectivity index (χ1) is 15.3. The summed E-state index contributed by atoms with van der Waals surface area (Å²) in [5, 5.41) is 0. The summed E-state index contributed by atoms with van der Waals surface area (Å²) in [6.45, 7) is 4.04. The fraction of sp³-hybridized carbons (Fsp3) is 0.462. The van der Waals surface area contributed by atoms with Crippen molar-refractivity contribution in [3.63, 3.8) is 0 Å². The van der Waals surface area contributed by atoms with Crippen LogP contribution in [0, 0.1) is 11.6 Å². The minimum atomic E-state index is -0.277. The molecule has 0 bridgehead atoms. The average molecular weight is 441 g/mol. The van der Waals surface area contributed by atoms with E-state index in [0.29, 0.717) is 25.7 Å². The van der Waals surface area contributed by atoms with E-state index in [1.54, 1.807) is 21.9 Å². The summed E-state index contributed by atoms with van der Waals surface area (Å²) in [6.07, 6.45) is 5.10. The molecule has 2 aromatic rings. The first-order valence-corrected chi connectivity index (χ1v) is 11.6. The number of aryl methyl sites for hydroxylation is 2. The van der Waals surface area contributed by atoms with Gasteiger partial charge in [-0.05, 0) is 99.9 Å². The number of nitrogens with zero attached hydrogens (tertiary/aromatic N) is 2. The summed E-state index contributed by atoms with van der Waals surface area (Å²) in [6, 6.07) is 9.38. The van der Waals surface area contributed by atoms with Gasteiger partial charge in [0.25, 0.3) is 0 Å². The number of hydrogen-bond acceptors (Lipinski definition) is 2. The molecule has 0 saturated heterocycles. The fourth-order valence-corrected chi connectivity index (χ4v) is 4.99. The van der Waals surface area contributed by atoms with Crippen LogP contribution < -0.4 is 9.80 Å². The van der Waals surface area contributed by atoms with Crippen LogP contribution in [0.2, 0.25) is 0 Å². The van der Waals surface area contributed by atoms with Crippen LogP contribution >= 0.6 is 0 Å². The molecule has 2 atom stereocenters. The highest BCUT2D eigenvalue weighted by Crippen LogP contribution is 2.33. The van der Waals surface area contributed by atoms with Crippen LogP contribution in [0.3, 0.4) is 0 Å². The van der Waals surface area contributed by atoms with E-state index in [-0.39, 0.29) is 35.5 Å². The Hall–Kier alpha value is -2.76. The Morgan fingerprint density at radius 3 is 1.59 bits per heavy atom. The molecule has 32 heavy (non-hydrogen) atoms. The van der Waals surface area contributed by atoms with Gasteiger partial charge in [0.15, 0.2) is 0 Å². The van der Waals surface area contributed by atoms with Crippen molar-refractivity contribution in [2.45, 2.75) is 77.3 Å². The molecule has 170 valence electrons. The minimum absolute atomic E-state index is 0.0182. The van der Waals surface area contributed by atoms with Crippen molar-refractivity contribution in [1.29, 1.82) is 0 Å². The molecule has 2 aliphatic rings. The number of halogens is 2. The van der Waals surface area contributed by atoms with E-state index in [2.05, 4.69) is 0 Å². The molecular weight excluding hydrogens is 410 g/mol. The lowest BCUT2D eigenvalue weighted by Gasteiger charge is -2.36. The molecule has 2 aromatic carbocycles. The van der Waals surface area contributed by atoms with E-state index in [1.165, 1.54) is 24.3 Å². The van der Waals surface area contributed by atoms with E-state index in [4.69, 9.17) is 0 Å². The molecule has 6 heteroatoms. The van der Waals surface area contributed by atoms with Gasteiger partial charge in [-0.3, -0.25) is 9.59 Å². The Kier molecular flexibility index (Phi) is 6.58. The fourth-order valence-electron chi connectivity index (χ4n) is 4.99. The number of fused-ring (bicyclic) bond motifs is 2. The number of carbonyl (C=O) groups is 2. The van der Waals surface area contributed by atoms with Gasteiger partial charge in [-0.2, -0.15) is 0 Å². The zero-order valence-electron chi connectivity index (χ0n) is 18.7. The lowest BCUT2D eigenvalue weighted by Crippen LogP contribution is -2.42. The van der Waals surface area contributed by atoms with Crippen molar-refractivity contribution in [2.24, 2.45) is 0 Å². The van der Waals surface area contributed by atoms with Gasteiger partial charge in [-0.25, -0.2) is 8.78 Å². The van der Waals surface area contributed by atoms with Crippen LogP contribution in [0.15, 0.2) is 36.4 Å².